The lowest BCUT2D eigenvalue weighted by atomic mass is 9.79. The Morgan fingerprint density at radius 3 is 2.70 bits per heavy atom. The fraction of sp³-hybridized carbons (Fsp3) is 0.615. The molecule has 2 atom stereocenters. The second kappa shape index (κ2) is 5.14. The molecule has 0 radical (unpaired) electrons. The van der Waals surface area contributed by atoms with Crippen LogP contribution in [0.15, 0.2) is 12.1 Å². The SMILES string of the molecule is CC1C(NC(=O)c2ccc([N+](=O)[O-])s2)C2CCN1CC2. The van der Waals surface area contributed by atoms with Crippen LogP contribution in [0.5, 0.6) is 0 Å². The Bertz CT molecular complexity index is 535. The molecule has 3 aliphatic heterocycles. The summed E-state index contributed by atoms with van der Waals surface area (Å²) in [4.78, 5) is 25.3. The Morgan fingerprint density at radius 1 is 1.45 bits per heavy atom. The predicted octanol–water partition coefficient (Wildman–Crippen LogP) is 1.87. The summed E-state index contributed by atoms with van der Waals surface area (Å²) >= 11 is 0.934. The lowest BCUT2D eigenvalue weighted by molar-refractivity contribution is -0.380. The standard InChI is InChI=1S/C13H17N3O3S/c1-8-12(9-4-6-15(8)7-5-9)14-13(17)10-2-3-11(20-10)16(18)19/h2-3,8-9,12H,4-7H2,1H3,(H,14,17). The smallest absolute Gasteiger partial charge is 0.324 e. The molecule has 108 valence electrons. The molecule has 0 saturated carbocycles. The van der Waals surface area contributed by atoms with Crippen molar-refractivity contribution in [3.63, 3.8) is 0 Å². The second-order valence-corrected chi connectivity index (χ2v) is 6.57. The Balaban J connectivity index is 1.70. The maximum absolute atomic E-state index is 12.2. The number of nitrogens with one attached hydrogen (secondary N) is 1. The zero-order valence-electron chi connectivity index (χ0n) is 11.2. The van der Waals surface area contributed by atoms with Crippen LogP contribution >= 0.6 is 11.3 Å². The summed E-state index contributed by atoms with van der Waals surface area (Å²) < 4.78 is 0. The van der Waals surface area contributed by atoms with E-state index in [2.05, 4.69) is 17.1 Å². The molecule has 4 heterocycles. The lowest BCUT2D eigenvalue weighted by Crippen LogP contribution is -2.62. The molecule has 6 nitrogen and oxygen atoms in total. The van der Waals surface area contributed by atoms with Crippen molar-refractivity contribution in [2.24, 2.45) is 5.92 Å². The summed E-state index contributed by atoms with van der Waals surface area (Å²) in [6.45, 7) is 4.37. The van der Waals surface area contributed by atoms with Crippen LogP contribution in [0.2, 0.25) is 0 Å². The van der Waals surface area contributed by atoms with Crippen molar-refractivity contribution in [3.05, 3.63) is 27.1 Å². The van der Waals surface area contributed by atoms with E-state index in [1.807, 2.05) is 0 Å². The quantitative estimate of drug-likeness (QED) is 0.682. The van der Waals surface area contributed by atoms with Crippen LogP contribution in [0.1, 0.15) is 29.4 Å². The Hall–Kier alpha value is -1.47. The van der Waals surface area contributed by atoms with Crippen molar-refractivity contribution in [3.8, 4) is 0 Å². The highest BCUT2D eigenvalue weighted by atomic mass is 32.1. The van der Waals surface area contributed by atoms with Crippen LogP contribution in [-0.4, -0.2) is 40.9 Å². The minimum atomic E-state index is -0.460. The van der Waals surface area contributed by atoms with Crippen LogP contribution in [0.25, 0.3) is 0 Å². The molecule has 0 aliphatic carbocycles. The van der Waals surface area contributed by atoms with Crippen molar-refractivity contribution in [1.82, 2.24) is 10.2 Å². The number of rotatable bonds is 3. The molecule has 3 fully saturated rings. The molecule has 7 heteroatoms. The number of piperidine rings is 3. The molecule has 4 rings (SSSR count). The Labute approximate surface area is 120 Å². The summed E-state index contributed by atoms with van der Waals surface area (Å²) in [5, 5.41) is 13.7. The zero-order chi connectivity index (χ0) is 14.3. The number of carbonyl (C=O) groups is 1. The third-order valence-corrected chi connectivity index (χ3v) is 5.51. The van der Waals surface area contributed by atoms with Gasteiger partial charge in [-0.3, -0.25) is 19.8 Å². The molecule has 3 saturated heterocycles. The number of nitrogens with zero attached hydrogens (tertiary/aromatic N) is 2. The molecular formula is C13H17N3O3S. The van der Waals surface area contributed by atoms with E-state index in [-0.39, 0.29) is 17.0 Å². The first-order valence-corrected chi connectivity index (χ1v) is 7.67. The maximum Gasteiger partial charge on any atom is 0.324 e. The first-order valence-electron chi connectivity index (χ1n) is 6.85. The van der Waals surface area contributed by atoms with Crippen LogP contribution in [0.4, 0.5) is 5.00 Å². The first kappa shape index (κ1) is 13.5. The highest BCUT2D eigenvalue weighted by Gasteiger charge is 2.40. The van der Waals surface area contributed by atoms with E-state index in [4.69, 9.17) is 0 Å². The van der Waals surface area contributed by atoms with Gasteiger partial charge in [0.15, 0.2) is 0 Å². The van der Waals surface area contributed by atoms with Crippen molar-refractivity contribution < 1.29 is 9.72 Å². The molecule has 3 aliphatic rings. The molecule has 0 aromatic carbocycles. The average molecular weight is 295 g/mol. The van der Waals surface area contributed by atoms with E-state index in [9.17, 15) is 14.9 Å². The third kappa shape index (κ3) is 2.31. The number of fused-ring (bicyclic) bond motifs is 3. The number of hydrogen-bond acceptors (Lipinski definition) is 5. The monoisotopic (exact) mass is 295 g/mol. The molecule has 2 unspecified atom stereocenters. The number of amides is 1. The van der Waals surface area contributed by atoms with E-state index in [1.54, 1.807) is 0 Å². The van der Waals surface area contributed by atoms with Crippen molar-refractivity contribution >= 4 is 22.2 Å². The van der Waals surface area contributed by atoms with Crippen LogP contribution in [-0.2, 0) is 0 Å². The van der Waals surface area contributed by atoms with Crippen molar-refractivity contribution in [2.45, 2.75) is 31.8 Å². The van der Waals surface area contributed by atoms with Gasteiger partial charge in [0.05, 0.1) is 9.80 Å². The van der Waals surface area contributed by atoms with Crippen molar-refractivity contribution in [1.29, 1.82) is 0 Å². The lowest BCUT2D eigenvalue weighted by Gasteiger charge is -2.49. The molecule has 1 aromatic heterocycles. The topological polar surface area (TPSA) is 75.5 Å². The zero-order valence-corrected chi connectivity index (χ0v) is 12.1. The van der Waals surface area contributed by atoms with Crippen molar-refractivity contribution in [2.75, 3.05) is 13.1 Å². The fourth-order valence-corrected chi connectivity index (χ4v) is 4.04. The third-order valence-electron chi connectivity index (χ3n) is 4.47. The molecule has 2 bridgehead atoms. The Kier molecular flexibility index (Phi) is 3.47. The summed E-state index contributed by atoms with van der Waals surface area (Å²) in [5.74, 6) is 0.350. The maximum atomic E-state index is 12.2. The second-order valence-electron chi connectivity index (χ2n) is 5.51. The summed E-state index contributed by atoms with van der Waals surface area (Å²) in [7, 11) is 0. The van der Waals surface area contributed by atoms with Gasteiger partial charge in [0.25, 0.3) is 5.91 Å². The number of hydrogen-bond donors (Lipinski definition) is 1. The van der Waals surface area contributed by atoms with Gasteiger partial charge in [0.2, 0.25) is 0 Å². The van der Waals surface area contributed by atoms with Gasteiger partial charge in [-0.25, -0.2) is 0 Å². The largest absolute Gasteiger partial charge is 0.347 e. The van der Waals surface area contributed by atoms with Gasteiger partial charge < -0.3 is 5.32 Å². The summed E-state index contributed by atoms with van der Waals surface area (Å²) in [6, 6.07) is 3.43. The molecular weight excluding hydrogens is 278 g/mol. The van der Waals surface area contributed by atoms with Gasteiger partial charge >= 0.3 is 5.00 Å². The van der Waals surface area contributed by atoms with E-state index in [0.29, 0.717) is 16.8 Å². The average Bonchev–Trinajstić information content (AvgIpc) is 2.93. The Morgan fingerprint density at radius 2 is 2.15 bits per heavy atom. The number of nitro groups is 1. The fourth-order valence-electron chi connectivity index (χ4n) is 3.32. The number of carbonyl (C=O) groups excluding carboxylic acids is 1. The van der Waals surface area contributed by atoms with Crippen LogP contribution in [0.3, 0.4) is 0 Å². The van der Waals surface area contributed by atoms with Gasteiger partial charge in [-0.15, -0.1) is 0 Å². The molecule has 1 N–H and O–H groups in total. The van der Waals surface area contributed by atoms with Gasteiger partial charge in [-0.05, 0) is 44.8 Å². The van der Waals surface area contributed by atoms with Crippen LogP contribution in [0, 0.1) is 16.0 Å². The minimum absolute atomic E-state index is 0.0112. The highest BCUT2D eigenvalue weighted by molar-refractivity contribution is 7.17. The van der Waals surface area contributed by atoms with Gasteiger partial charge in [-0.2, -0.15) is 0 Å². The molecule has 1 aromatic rings. The molecule has 1 amide bonds. The first-order chi connectivity index (χ1) is 9.56. The molecule has 20 heavy (non-hydrogen) atoms. The van der Waals surface area contributed by atoms with E-state index in [0.717, 1.165) is 37.3 Å². The van der Waals surface area contributed by atoms with Gasteiger partial charge in [0, 0.05) is 18.2 Å². The van der Waals surface area contributed by atoms with Crippen LogP contribution < -0.4 is 5.32 Å². The van der Waals surface area contributed by atoms with E-state index >= 15 is 0 Å². The predicted molar refractivity (Wildman–Crippen MR) is 76.0 cm³/mol. The summed E-state index contributed by atoms with van der Waals surface area (Å²) in [6.07, 6.45) is 2.25. The molecule has 0 spiro atoms. The highest BCUT2D eigenvalue weighted by Crippen LogP contribution is 2.32. The van der Waals surface area contributed by atoms with Gasteiger partial charge in [-0.1, -0.05) is 11.3 Å². The minimum Gasteiger partial charge on any atom is -0.347 e. The van der Waals surface area contributed by atoms with E-state index in [1.165, 1.54) is 12.1 Å². The van der Waals surface area contributed by atoms with Gasteiger partial charge in [0.1, 0.15) is 0 Å². The number of thiophene rings is 1. The van der Waals surface area contributed by atoms with E-state index < -0.39 is 4.92 Å². The normalized spacial score (nSPS) is 32.0. The summed E-state index contributed by atoms with van der Waals surface area (Å²) in [5.41, 5.74) is 0.